The molecule has 138 valence electrons. The van der Waals surface area contributed by atoms with E-state index in [2.05, 4.69) is 22.5 Å². The fourth-order valence-corrected chi connectivity index (χ4v) is 4.15. The van der Waals surface area contributed by atoms with E-state index < -0.39 is 0 Å². The van der Waals surface area contributed by atoms with Crippen LogP contribution in [0.3, 0.4) is 0 Å². The molecule has 0 radical (unpaired) electrons. The number of rotatable bonds is 6. The highest BCUT2D eigenvalue weighted by atomic mass is 32.2. The van der Waals surface area contributed by atoms with Crippen molar-refractivity contribution in [1.82, 2.24) is 9.78 Å². The van der Waals surface area contributed by atoms with E-state index >= 15 is 0 Å². The molecule has 2 aromatic carbocycles. The van der Waals surface area contributed by atoms with E-state index in [0.29, 0.717) is 0 Å². The fraction of sp³-hybridized carbons (Fsp3) is 0.273. The minimum absolute atomic E-state index is 0.0494. The molecule has 1 N–H and O–H groups in total. The van der Waals surface area contributed by atoms with E-state index in [4.69, 9.17) is 0 Å². The standard InChI is InChI=1S/C22H23N3OS/c1-16(22(26)24-20-11-10-18-6-5-7-19(18)12-20)27-15-17-13-23-25(14-17)21-8-3-2-4-9-21/h2-4,8-14,16H,5-7,15H2,1H3,(H,24,26). The molecule has 4 nitrogen and oxygen atoms in total. The summed E-state index contributed by atoms with van der Waals surface area (Å²) >= 11 is 1.63. The second-order valence-electron chi connectivity index (χ2n) is 6.91. The summed E-state index contributed by atoms with van der Waals surface area (Å²) < 4.78 is 1.87. The molecule has 0 saturated heterocycles. The monoisotopic (exact) mass is 377 g/mol. The average Bonchev–Trinajstić information content (AvgIpc) is 3.35. The number of fused-ring (bicyclic) bond motifs is 1. The van der Waals surface area contributed by atoms with Gasteiger partial charge in [0.25, 0.3) is 0 Å². The van der Waals surface area contributed by atoms with Gasteiger partial charge in [-0.05, 0) is 61.6 Å². The number of nitrogens with zero attached hydrogens (tertiary/aromatic N) is 2. The van der Waals surface area contributed by atoms with Gasteiger partial charge in [0, 0.05) is 23.2 Å². The van der Waals surface area contributed by atoms with E-state index in [-0.39, 0.29) is 11.2 Å². The Kier molecular flexibility index (Phi) is 5.30. The van der Waals surface area contributed by atoms with Gasteiger partial charge in [-0.25, -0.2) is 4.68 Å². The maximum atomic E-state index is 12.5. The molecule has 0 bridgehead atoms. The number of aryl methyl sites for hydroxylation is 2. The number of benzene rings is 2. The summed E-state index contributed by atoms with van der Waals surface area (Å²) in [6.07, 6.45) is 7.38. The predicted octanol–water partition coefficient (Wildman–Crippen LogP) is 4.62. The number of hydrogen-bond donors (Lipinski definition) is 1. The predicted molar refractivity (Wildman–Crippen MR) is 111 cm³/mol. The Labute approximate surface area is 164 Å². The molecule has 4 rings (SSSR count). The first-order valence-electron chi connectivity index (χ1n) is 9.32. The number of amides is 1. The maximum absolute atomic E-state index is 12.5. The Morgan fingerprint density at radius 2 is 2.00 bits per heavy atom. The quantitative estimate of drug-likeness (QED) is 0.682. The Balaban J connectivity index is 1.32. The van der Waals surface area contributed by atoms with Crippen molar-refractivity contribution in [3.05, 3.63) is 77.6 Å². The van der Waals surface area contributed by atoms with Gasteiger partial charge in [0.1, 0.15) is 0 Å². The Morgan fingerprint density at radius 3 is 2.85 bits per heavy atom. The van der Waals surface area contributed by atoms with Crippen LogP contribution >= 0.6 is 11.8 Å². The van der Waals surface area contributed by atoms with Crippen LogP contribution in [-0.4, -0.2) is 20.9 Å². The van der Waals surface area contributed by atoms with Crippen molar-refractivity contribution in [2.24, 2.45) is 0 Å². The molecule has 0 aliphatic heterocycles. The van der Waals surface area contributed by atoms with Crippen LogP contribution in [0, 0.1) is 0 Å². The largest absolute Gasteiger partial charge is 0.325 e. The molecule has 0 saturated carbocycles. The molecule has 1 unspecified atom stereocenters. The van der Waals surface area contributed by atoms with Gasteiger partial charge in [0.05, 0.1) is 17.1 Å². The third-order valence-electron chi connectivity index (χ3n) is 4.89. The maximum Gasteiger partial charge on any atom is 0.237 e. The number of thioether (sulfide) groups is 1. The van der Waals surface area contributed by atoms with Crippen LogP contribution < -0.4 is 5.32 Å². The van der Waals surface area contributed by atoms with Crippen molar-refractivity contribution in [2.75, 3.05) is 5.32 Å². The SMILES string of the molecule is CC(SCc1cnn(-c2ccccc2)c1)C(=O)Nc1ccc2c(c1)CCC2. The highest BCUT2D eigenvalue weighted by molar-refractivity contribution is 7.99. The van der Waals surface area contributed by atoms with Crippen LogP contribution in [0.4, 0.5) is 5.69 Å². The van der Waals surface area contributed by atoms with Crippen molar-refractivity contribution in [1.29, 1.82) is 0 Å². The highest BCUT2D eigenvalue weighted by Crippen LogP contribution is 2.26. The van der Waals surface area contributed by atoms with E-state index in [1.807, 2.05) is 60.4 Å². The minimum atomic E-state index is -0.127. The number of para-hydroxylation sites is 1. The summed E-state index contributed by atoms with van der Waals surface area (Å²) in [6.45, 7) is 1.95. The Hall–Kier alpha value is -2.53. The van der Waals surface area contributed by atoms with Crippen molar-refractivity contribution in [3.63, 3.8) is 0 Å². The molecule has 27 heavy (non-hydrogen) atoms. The number of carbonyl (C=O) groups is 1. The minimum Gasteiger partial charge on any atom is -0.325 e. The van der Waals surface area contributed by atoms with Crippen molar-refractivity contribution in [2.45, 2.75) is 37.2 Å². The van der Waals surface area contributed by atoms with Crippen LogP contribution in [0.15, 0.2) is 60.9 Å². The fourth-order valence-electron chi connectivity index (χ4n) is 3.35. The molecular formula is C22H23N3OS. The number of nitrogens with one attached hydrogen (secondary N) is 1. The third kappa shape index (κ3) is 4.25. The molecule has 5 heteroatoms. The van der Waals surface area contributed by atoms with E-state index in [9.17, 15) is 4.79 Å². The molecule has 0 fully saturated rings. The number of carbonyl (C=O) groups excluding carboxylic acids is 1. The van der Waals surface area contributed by atoms with Crippen LogP contribution in [0.25, 0.3) is 5.69 Å². The number of hydrogen-bond acceptors (Lipinski definition) is 3. The summed E-state index contributed by atoms with van der Waals surface area (Å²) in [4.78, 5) is 12.5. The van der Waals surface area contributed by atoms with Crippen LogP contribution in [0.5, 0.6) is 0 Å². The molecule has 1 atom stereocenters. The average molecular weight is 378 g/mol. The summed E-state index contributed by atoms with van der Waals surface area (Å²) in [5, 5.41) is 7.34. The Morgan fingerprint density at radius 1 is 1.19 bits per heavy atom. The summed E-state index contributed by atoms with van der Waals surface area (Å²) in [5.74, 6) is 0.805. The molecule has 3 aromatic rings. The second-order valence-corrected chi connectivity index (χ2v) is 8.24. The van der Waals surface area contributed by atoms with Gasteiger partial charge in [-0.2, -0.15) is 5.10 Å². The van der Waals surface area contributed by atoms with Crippen molar-refractivity contribution >= 4 is 23.4 Å². The van der Waals surface area contributed by atoms with E-state index in [1.165, 1.54) is 17.5 Å². The van der Waals surface area contributed by atoms with Crippen molar-refractivity contribution in [3.8, 4) is 5.69 Å². The molecule has 1 aliphatic carbocycles. The zero-order valence-corrected chi connectivity index (χ0v) is 16.2. The second kappa shape index (κ2) is 8.01. The van der Waals surface area contributed by atoms with Gasteiger partial charge in [0.15, 0.2) is 0 Å². The molecule has 0 spiro atoms. The van der Waals surface area contributed by atoms with Gasteiger partial charge in [-0.15, -0.1) is 11.8 Å². The van der Waals surface area contributed by atoms with Gasteiger partial charge in [0.2, 0.25) is 5.91 Å². The van der Waals surface area contributed by atoms with Gasteiger partial charge in [-0.1, -0.05) is 24.3 Å². The van der Waals surface area contributed by atoms with Crippen molar-refractivity contribution < 1.29 is 4.79 Å². The summed E-state index contributed by atoms with van der Waals surface area (Å²) in [5.41, 5.74) is 5.86. The first kappa shape index (κ1) is 17.9. The normalized spacial score (nSPS) is 14.0. The lowest BCUT2D eigenvalue weighted by molar-refractivity contribution is -0.115. The lowest BCUT2D eigenvalue weighted by atomic mass is 10.1. The van der Waals surface area contributed by atoms with Crippen LogP contribution in [0.2, 0.25) is 0 Å². The highest BCUT2D eigenvalue weighted by Gasteiger charge is 2.16. The topological polar surface area (TPSA) is 46.9 Å². The molecule has 1 aromatic heterocycles. The lowest BCUT2D eigenvalue weighted by Crippen LogP contribution is -2.22. The van der Waals surface area contributed by atoms with Gasteiger partial charge >= 0.3 is 0 Å². The zero-order valence-electron chi connectivity index (χ0n) is 15.4. The van der Waals surface area contributed by atoms with Crippen LogP contribution in [-0.2, 0) is 23.4 Å². The molecule has 1 amide bonds. The van der Waals surface area contributed by atoms with Gasteiger partial charge < -0.3 is 5.32 Å². The number of aromatic nitrogens is 2. The third-order valence-corrected chi connectivity index (χ3v) is 6.11. The molecule has 1 aliphatic rings. The van der Waals surface area contributed by atoms with Gasteiger partial charge in [-0.3, -0.25) is 4.79 Å². The van der Waals surface area contributed by atoms with E-state index in [0.717, 1.165) is 35.5 Å². The molecule has 1 heterocycles. The van der Waals surface area contributed by atoms with E-state index in [1.54, 1.807) is 11.8 Å². The van der Waals surface area contributed by atoms with Crippen LogP contribution in [0.1, 0.15) is 30.0 Å². The smallest absolute Gasteiger partial charge is 0.237 e. The molecular weight excluding hydrogens is 354 g/mol. The first-order chi connectivity index (χ1) is 13.2. The number of anilines is 1. The zero-order chi connectivity index (χ0) is 18.6. The lowest BCUT2D eigenvalue weighted by Gasteiger charge is -2.12. The Bertz CT molecular complexity index is 936. The summed E-state index contributed by atoms with van der Waals surface area (Å²) in [6, 6.07) is 16.3. The summed E-state index contributed by atoms with van der Waals surface area (Å²) in [7, 11) is 0. The first-order valence-corrected chi connectivity index (χ1v) is 10.4.